The molecule has 4 nitrogen and oxygen atoms in total. The Morgan fingerprint density at radius 1 is 1.17 bits per heavy atom. The first-order valence-corrected chi connectivity index (χ1v) is 7.82. The number of fused-ring (bicyclic) bond motifs is 2. The molecule has 1 aromatic carbocycles. The van der Waals surface area contributed by atoms with Crippen molar-refractivity contribution < 1.29 is 13.5 Å². The van der Waals surface area contributed by atoms with Crippen molar-refractivity contribution in [2.75, 3.05) is 0 Å². The van der Waals surface area contributed by atoms with Crippen LogP contribution in [0.25, 0.3) is 0 Å². The minimum absolute atomic E-state index is 0.0912. The molecule has 0 saturated heterocycles. The van der Waals surface area contributed by atoms with E-state index in [1.807, 2.05) is 0 Å². The summed E-state index contributed by atoms with van der Waals surface area (Å²) in [6.45, 7) is 0. The van der Waals surface area contributed by atoms with Gasteiger partial charge in [-0.1, -0.05) is 18.2 Å². The number of hydrogen-bond acceptors (Lipinski definition) is 3. The summed E-state index contributed by atoms with van der Waals surface area (Å²) in [7, 11) is -3.45. The van der Waals surface area contributed by atoms with Gasteiger partial charge in [0, 0.05) is 12.0 Å². The van der Waals surface area contributed by atoms with Gasteiger partial charge in [0.05, 0.1) is 11.0 Å². The lowest BCUT2D eigenvalue weighted by molar-refractivity contribution is 0.111. The van der Waals surface area contributed by atoms with Gasteiger partial charge in [0.1, 0.15) is 0 Å². The van der Waals surface area contributed by atoms with Gasteiger partial charge >= 0.3 is 0 Å². The summed E-state index contributed by atoms with van der Waals surface area (Å²) in [6.07, 6.45) is 2.33. The zero-order valence-corrected chi connectivity index (χ0v) is 10.8. The lowest BCUT2D eigenvalue weighted by atomic mass is 9.98. The van der Waals surface area contributed by atoms with Crippen LogP contribution in [0.1, 0.15) is 19.3 Å². The highest BCUT2D eigenvalue weighted by atomic mass is 32.2. The monoisotopic (exact) mass is 267 g/mol. The number of aliphatic hydroxyl groups is 1. The first-order chi connectivity index (χ1) is 8.58. The summed E-state index contributed by atoms with van der Waals surface area (Å²) in [5.74, 6) is 0.386. The predicted molar refractivity (Wildman–Crippen MR) is 67.4 cm³/mol. The van der Waals surface area contributed by atoms with Crippen LogP contribution in [0.4, 0.5) is 0 Å². The fraction of sp³-hybridized carbons (Fsp3) is 0.538. The Hall–Kier alpha value is -0.910. The number of benzene rings is 1. The zero-order chi connectivity index (χ0) is 12.8. The van der Waals surface area contributed by atoms with E-state index in [-0.39, 0.29) is 18.1 Å². The summed E-state index contributed by atoms with van der Waals surface area (Å²) in [6, 6.07) is 8.32. The van der Waals surface area contributed by atoms with E-state index >= 15 is 0 Å². The third-order valence-corrected chi connectivity index (χ3v) is 5.70. The molecule has 2 fully saturated rings. The maximum atomic E-state index is 12.2. The molecule has 2 bridgehead atoms. The Morgan fingerprint density at radius 3 is 2.44 bits per heavy atom. The van der Waals surface area contributed by atoms with Crippen molar-refractivity contribution in [3.8, 4) is 0 Å². The van der Waals surface area contributed by atoms with E-state index in [4.69, 9.17) is 0 Å². The standard InChI is InChI=1S/C13H17NO3S/c15-12-8-9-6-7-11(12)13(9)14-18(16,17)10-4-2-1-3-5-10/h1-5,9,11-15H,6-8H2. The topological polar surface area (TPSA) is 66.4 Å². The molecular formula is C13H17NO3S. The molecule has 2 aliphatic rings. The van der Waals surface area contributed by atoms with Crippen LogP contribution in [-0.4, -0.2) is 25.7 Å². The summed E-state index contributed by atoms with van der Waals surface area (Å²) in [5.41, 5.74) is 0. The SMILES string of the molecule is O=S(=O)(NC1C2CCC1C(O)C2)c1ccccc1. The Morgan fingerprint density at radius 2 is 1.89 bits per heavy atom. The molecule has 0 amide bonds. The second-order valence-electron chi connectivity index (χ2n) is 5.26. The van der Waals surface area contributed by atoms with Crippen LogP contribution in [0.5, 0.6) is 0 Å². The smallest absolute Gasteiger partial charge is 0.240 e. The highest BCUT2D eigenvalue weighted by Crippen LogP contribution is 2.45. The molecule has 0 spiro atoms. The lowest BCUT2D eigenvalue weighted by Crippen LogP contribution is -2.39. The normalized spacial score (nSPS) is 34.9. The van der Waals surface area contributed by atoms with E-state index in [0.717, 1.165) is 19.3 Å². The van der Waals surface area contributed by atoms with Crippen LogP contribution in [0.2, 0.25) is 0 Å². The second-order valence-corrected chi connectivity index (χ2v) is 6.98. The van der Waals surface area contributed by atoms with Crippen molar-refractivity contribution in [2.45, 2.75) is 36.3 Å². The number of sulfonamides is 1. The molecule has 0 aliphatic heterocycles. The molecule has 2 aliphatic carbocycles. The van der Waals surface area contributed by atoms with Gasteiger partial charge in [-0.15, -0.1) is 0 Å². The first kappa shape index (κ1) is 12.1. The van der Waals surface area contributed by atoms with Gasteiger partial charge in [0.2, 0.25) is 10.0 Å². The molecule has 5 heteroatoms. The zero-order valence-electron chi connectivity index (χ0n) is 9.99. The minimum Gasteiger partial charge on any atom is -0.393 e. The maximum absolute atomic E-state index is 12.2. The van der Waals surface area contributed by atoms with Gasteiger partial charge in [-0.3, -0.25) is 0 Å². The molecule has 98 valence electrons. The Labute approximate surface area is 107 Å². The maximum Gasteiger partial charge on any atom is 0.240 e. The van der Waals surface area contributed by atoms with Crippen LogP contribution in [0.3, 0.4) is 0 Å². The molecule has 4 unspecified atom stereocenters. The molecule has 2 N–H and O–H groups in total. The largest absolute Gasteiger partial charge is 0.393 e. The van der Waals surface area contributed by atoms with Crippen molar-refractivity contribution in [3.05, 3.63) is 30.3 Å². The van der Waals surface area contributed by atoms with E-state index in [1.165, 1.54) is 0 Å². The van der Waals surface area contributed by atoms with Gasteiger partial charge in [-0.25, -0.2) is 13.1 Å². The molecular weight excluding hydrogens is 250 g/mol. The van der Waals surface area contributed by atoms with Crippen LogP contribution in [0, 0.1) is 11.8 Å². The van der Waals surface area contributed by atoms with E-state index in [0.29, 0.717) is 10.8 Å². The van der Waals surface area contributed by atoms with E-state index in [9.17, 15) is 13.5 Å². The fourth-order valence-electron chi connectivity index (χ4n) is 3.33. The Bertz CT molecular complexity index is 528. The molecule has 3 rings (SSSR count). The Kier molecular flexibility index (Phi) is 2.92. The molecule has 0 aromatic heterocycles. The van der Waals surface area contributed by atoms with Gasteiger partial charge in [-0.05, 0) is 37.3 Å². The number of aliphatic hydroxyl groups excluding tert-OH is 1. The molecule has 2 saturated carbocycles. The third kappa shape index (κ3) is 1.96. The van der Waals surface area contributed by atoms with Gasteiger partial charge < -0.3 is 5.11 Å². The number of rotatable bonds is 3. The van der Waals surface area contributed by atoms with Crippen molar-refractivity contribution in [3.63, 3.8) is 0 Å². The van der Waals surface area contributed by atoms with Gasteiger partial charge in [-0.2, -0.15) is 0 Å². The van der Waals surface area contributed by atoms with Gasteiger partial charge in [0.25, 0.3) is 0 Å². The minimum atomic E-state index is -3.45. The molecule has 4 atom stereocenters. The molecule has 1 aromatic rings. The highest BCUT2D eigenvalue weighted by molar-refractivity contribution is 7.89. The quantitative estimate of drug-likeness (QED) is 0.862. The number of nitrogens with one attached hydrogen (secondary N) is 1. The summed E-state index contributed by atoms with van der Waals surface area (Å²) in [4.78, 5) is 0.297. The van der Waals surface area contributed by atoms with Crippen molar-refractivity contribution in [1.82, 2.24) is 4.72 Å². The van der Waals surface area contributed by atoms with Crippen LogP contribution in [-0.2, 0) is 10.0 Å². The molecule has 0 heterocycles. The van der Waals surface area contributed by atoms with Crippen LogP contribution < -0.4 is 4.72 Å². The van der Waals surface area contributed by atoms with Crippen molar-refractivity contribution >= 4 is 10.0 Å². The van der Waals surface area contributed by atoms with Gasteiger partial charge in [0.15, 0.2) is 0 Å². The van der Waals surface area contributed by atoms with Crippen molar-refractivity contribution in [2.24, 2.45) is 11.8 Å². The van der Waals surface area contributed by atoms with Crippen LogP contribution in [0.15, 0.2) is 35.2 Å². The average molecular weight is 267 g/mol. The first-order valence-electron chi connectivity index (χ1n) is 6.33. The van der Waals surface area contributed by atoms with Crippen molar-refractivity contribution in [1.29, 1.82) is 0 Å². The van der Waals surface area contributed by atoms with E-state index in [2.05, 4.69) is 4.72 Å². The second kappa shape index (κ2) is 4.33. The summed E-state index contributed by atoms with van der Waals surface area (Å²) in [5, 5.41) is 9.82. The molecule has 0 radical (unpaired) electrons. The lowest BCUT2D eigenvalue weighted by Gasteiger charge is -2.18. The van der Waals surface area contributed by atoms with E-state index in [1.54, 1.807) is 30.3 Å². The fourth-order valence-corrected chi connectivity index (χ4v) is 4.70. The third-order valence-electron chi connectivity index (χ3n) is 4.22. The van der Waals surface area contributed by atoms with Crippen LogP contribution >= 0.6 is 0 Å². The number of hydrogen-bond donors (Lipinski definition) is 2. The van der Waals surface area contributed by atoms with E-state index < -0.39 is 10.0 Å². The molecule has 18 heavy (non-hydrogen) atoms. The average Bonchev–Trinajstić information content (AvgIpc) is 2.86. The summed E-state index contributed by atoms with van der Waals surface area (Å²) < 4.78 is 27.2. The predicted octanol–water partition coefficient (Wildman–Crippen LogP) is 1.12. The highest BCUT2D eigenvalue weighted by Gasteiger charge is 2.48. The Balaban J connectivity index is 1.82. The summed E-state index contributed by atoms with van der Waals surface area (Å²) >= 11 is 0.